The summed E-state index contributed by atoms with van der Waals surface area (Å²) in [7, 11) is 1.86. The number of hydrogen-bond donors (Lipinski definition) is 0. The van der Waals surface area contributed by atoms with Gasteiger partial charge in [0.25, 0.3) is 12.6 Å². The number of hydrogen-bond acceptors (Lipinski definition) is 6. The van der Waals surface area contributed by atoms with Crippen molar-refractivity contribution in [3.05, 3.63) is 40.2 Å². The highest BCUT2D eigenvalue weighted by molar-refractivity contribution is 9.10. The molecule has 2 aromatic heterocycles. The van der Waals surface area contributed by atoms with Gasteiger partial charge in [-0.05, 0) is 47.1 Å². The van der Waals surface area contributed by atoms with Crippen molar-refractivity contribution in [1.29, 1.82) is 0 Å². The maximum absolute atomic E-state index is 13.2. The van der Waals surface area contributed by atoms with Crippen molar-refractivity contribution < 1.29 is 13.7 Å². The average Bonchev–Trinajstić information content (AvgIpc) is 3.20. The maximum atomic E-state index is 13.2. The van der Waals surface area contributed by atoms with Crippen molar-refractivity contribution in [2.45, 2.75) is 6.92 Å². The number of fused-ring (bicyclic) bond motifs is 1. The first kappa shape index (κ1) is 16.7. The fourth-order valence-corrected chi connectivity index (χ4v) is 3.19. The van der Waals surface area contributed by atoms with Gasteiger partial charge >= 0.3 is 0 Å². The SMILES string of the molecule is Cc1nnc(-c2ccc(F)cc2)n2nc(OC[N+]3(C)C=NC=N3)c(Br)c12. The molecule has 0 radical (unpaired) electrons. The maximum Gasteiger partial charge on any atom is 0.255 e. The number of halogens is 2. The van der Waals surface area contributed by atoms with Crippen LogP contribution in [0, 0.1) is 12.7 Å². The van der Waals surface area contributed by atoms with E-state index in [0.29, 0.717) is 27.4 Å². The van der Waals surface area contributed by atoms with E-state index in [9.17, 15) is 4.39 Å². The van der Waals surface area contributed by atoms with Crippen LogP contribution >= 0.6 is 15.9 Å². The second-order valence-electron chi connectivity index (χ2n) is 5.98. The molecule has 1 aromatic carbocycles. The zero-order valence-corrected chi connectivity index (χ0v) is 15.6. The van der Waals surface area contributed by atoms with Crippen LogP contribution in [0.2, 0.25) is 0 Å². The number of rotatable bonds is 4. The Balaban J connectivity index is 1.76. The molecule has 132 valence electrons. The highest BCUT2D eigenvalue weighted by Gasteiger charge is 2.26. The first-order valence-corrected chi connectivity index (χ1v) is 8.50. The number of benzene rings is 1. The van der Waals surface area contributed by atoms with E-state index in [-0.39, 0.29) is 17.1 Å². The lowest BCUT2D eigenvalue weighted by Gasteiger charge is -2.17. The number of aliphatic imine (C=N–C) groups is 1. The fraction of sp³-hybridized carbons (Fsp3) is 0.188. The minimum atomic E-state index is -0.319. The smallest absolute Gasteiger partial charge is 0.255 e. The van der Waals surface area contributed by atoms with Crippen LogP contribution in [0.4, 0.5) is 4.39 Å². The number of aryl methyl sites for hydroxylation is 1. The third kappa shape index (κ3) is 2.86. The molecule has 0 fully saturated rings. The van der Waals surface area contributed by atoms with E-state index >= 15 is 0 Å². The quantitative estimate of drug-likeness (QED) is 0.610. The summed E-state index contributed by atoms with van der Waals surface area (Å²) >= 11 is 3.53. The van der Waals surface area contributed by atoms with Gasteiger partial charge in [0.1, 0.15) is 22.9 Å². The van der Waals surface area contributed by atoms with Crippen LogP contribution in [0.1, 0.15) is 5.69 Å². The molecule has 8 nitrogen and oxygen atoms in total. The van der Waals surface area contributed by atoms with E-state index in [0.717, 1.165) is 5.52 Å². The Hall–Kier alpha value is -2.72. The molecule has 0 N–H and O–H groups in total. The van der Waals surface area contributed by atoms with Crippen molar-refractivity contribution in [3.8, 4) is 17.3 Å². The van der Waals surface area contributed by atoms with Gasteiger partial charge in [-0.25, -0.2) is 8.91 Å². The number of nitrogens with zero attached hydrogens (tertiary/aromatic N) is 7. The van der Waals surface area contributed by atoms with Crippen LogP contribution in [0.3, 0.4) is 0 Å². The predicted molar refractivity (Wildman–Crippen MR) is 97.3 cm³/mol. The molecular formula is C16H14BrFN7O+. The third-order valence-corrected chi connectivity index (χ3v) is 4.61. The minimum absolute atomic E-state index is 0.167. The lowest BCUT2D eigenvalue weighted by Crippen LogP contribution is -2.38. The molecule has 0 amide bonds. The van der Waals surface area contributed by atoms with Crippen LogP contribution < -0.4 is 4.74 Å². The number of aromatic nitrogens is 4. The summed E-state index contributed by atoms with van der Waals surface area (Å²) in [5.74, 6) is 0.559. The molecule has 1 unspecified atom stereocenters. The van der Waals surface area contributed by atoms with Gasteiger partial charge in [-0.15, -0.1) is 14.8 Å². The molecule has 3 heterocycles. The van der Waals surface area contributed by atoms with Crippen molar-refractivity contribution in [3.63, 3.8) is 0 Å². The second-order valence-corrected chi connectivity index (χ2v) is 6.77. The number of ether oxygens (including phenoxy) is 1. The van der Waals surface area contributed by atoms with E-state index in [4.69, 9.17) is 4.74 Å². The Morgan fingerprint density at radius 1 is 1.23 bits per heavy atom. The second kappa shape index (κ2) is 6.22. The highest BCUT2D eigenvalue weighted by Crippen LogP contribution is 2.32. The van der Waals surface area contributed by atoms with Gasteiger partial charge < -0.3 is 4.74 Å². The van der Waals surface area contributed by atoms with Gasteiger partial charge in [-0.1, -0.05) is 5.10 Å². The molecule has 1 atom stereocenters. The summed E-state index contributed by atoms with van der Waals surface area (Å²) in [5, 5.41) is 17.1. The predicted octanol–water partition coefficient (Wildman–Crippen LogP) is 2.77. The van der Waals surface area contributed by atoms with Crippen molar-refractivity contribution in [2.75, 3.05) is 13.8 Å². The van der Waals surface area contributed by atoms with Crippen LogP contribution in [-0.2, 0) is 0 Å². The van der Waals surface area contributed by atoms with E-state index < -0.39 is 0 Å². The van der Waals surface area contributed by atoms with Crippen LogP contribution in [0.5, 0.6) is 5.88 Å². The third-order valence-electron chi connectivity index (χ3n) is 3.90. The first-order valence-electron chi connectivity index (χ1n) is 7.71. The lowest BCUT2D eigenvalue weighted by atomic mass is 10.2. The summed E-state index contributed by atoms with van der Waals surface area (Å²) in [6.07, 6.45) is 3.15. The minimum Gasteiger partial charge on any atom is -0.422 e. The summed E-state index contributed by atoms with van der Waals surface area (Å²) in [6, 6.07) is 6.00. The van der Waals surface area contributed by atoms with Crippen molar-refractivity contribution in [1.82, 2.24) is 19.8 Å². The summed E-state index contributed by atoms with van der Waals surface area (Å²) in [6.45, 7) is 2.06. The van der Waals surface area contributed by atoms with E-state index in [2.05, 4.69) is 41.3 Å². The average molecular weight is 419 g/mol. The zero-order chi connectivity index (χ0) is 18.3. The number of quaternary nitrogens is 1. The molecule has 10 heteroatoms. The van der Waals surface area contributed by atoms with Crippen molar-refractivity contribution >= 4 is 34.1 Å². The van der Waals surface area contributed by atoms with E-state index in [1.807, 2.05) is 14.0 Å². The fourth-order valence-electron chi connectivity index (χ4n) is 2.54. The Morgan fingerprint density at radius 3 is 2.69 bits per heavy atom. The topological polar surface area (TPSA) is 77.0 Å². The molecule has 0 saturated carbocycles. The summed E-state index contributed by atoms with van der Waals surface area (Å²) in [4.78, 5) is 3.98. The molecular weight excluding hydrogens is 405 g/mol. The normalized spacial score (nSPS) is 18.8. The standard InChI is InChI=1S/C16H14BrFN7O/c1-10-14-13(17)16(26-9-25(2)8-19-7-20-25)23-24(14)15(22-21-10)11-3-5-12(18)6-4-11/h3-8H,9H2,1-2H3/q+1. The van der Waals surface area contributed by atoms with Gasteiger partial charge in [-0.2, -0.15) is 10.1 Å². The Kier molecular flexibility index (Phi) is 4.00. The molecule has 4 rings (SSSR count). The van der Waals surface area contributed by atoms with Gasteiger partial charge in [0, 0.05) is 5.56 Å². The van der Waals surface area contributed by atoms with Gasteiger partial charge in [-0.3, -0.25) is 0 Å². The van der Waals surface area contributed by atoms with Gasteiger partial charge in [0.15, 0.2) is 12.2 Å². The molecule has 0 spiro atoms. The van der Waals surface area contributed by atoms with E-state index in [1.165, 1.54) is 18.5 Å². The monoisotopic (exact) mass is 418 g/mol. The zero-order valence-electron chi connectivity index (χ0n) is 14.0. The lowest BCUT2D eigenvalue weighted by molar-refractivity contribution is -0.836. The van der Waals surface area contributed by atoms with E-state index in [1.54, 1.807) is 23.0 Å². The molecule has 0 aliphatic carbocycles. The molecule has 1 aliphatic rings. The summed E-state index contributed by atoms with van der Waals surface area (Å²) in [5.41, 5.74) is 2.11. The Labute approximate surface area is 156 Å². The Morgan fingerprint density at radius 2 is 2.00 bits per heavy atom. The largest absolute Gasteiger partial charge is 0.422 e. The molecule has 26 heavy (non-hydrogen) atoms. The molecule has 3 aromatic rings. The highest BCUT2D eigenvalue weighted by atomic mass is 79.9. The van der Waals surface area contributed by atoms with Crippen LogP contribution in [0.25, 0.3) is 16.9 Å². The van der Waals surface area contributed by atoms with Crippen molar-refractivity contribution in [2.24, 2.45) is 10.1 Å². The first-order chi connectivity index (χ1) is 12.5. The molecule has 0 saturated heterocycles. The summed E-state index contributed by atoms with van der Waals surface area (Å²) < 4.78 is 21.5. The van der Waals surface area contributed by atoms with Gasteiger partial charge in [0.05, 0.1) is 5.69 Å². The molecule has 0 bridgehead atoms. The van der Waals surface area contributed by atoms with Gasteiger partial charge in [0.2, 0.25) is 6.34 Å². The van der Waals surface area contributed by atoms with Crippen LogP contribution in [-0.4, -0.2) is 50.9 Å². The molecule has 1 aliphatic heterocycles. The Bertz CT molecular complexity index is 1030. The van der Waals surface area contributed by atoms with Crippen LogP contribution in [0.15, 0.2) is 38.8 Å².